The summed E-state index contributed by atoms with van der Waals surface area (Å²) in [4.78, 5) is 11.5. The smallest absolute Gasteiger partial charge is 0.307 e. The lowest BCUT2D eigenvalue weighted by Crippen LogP contribution is -2.36. The zero-order valence-corrected chi connectivity index (χ0v) is 13.4. The summed E-state index contributed by atoms with van der Waals surface area (Å²) in [6.45, 7) is 1.87. The number of anilines is 1. The van der Waals surface area contributed by atoms with E-state index in [1.165, 1.54) is 0 Å². The number of hydrogen-bond acceptors (Lipinski definition) is 3. The number of nitrogens with zero attached hydrogens (tertiary/aromatic N) is 1. The van der Waals surface area contributed by atoms with Gasteiger partial charge in [0.05, 0.1) is 0 Å². The van der Waals surface area contributed by atoms with Crippen molar-refractivity contribution in [2.24, 2.45) is 0 Å². The maximum Gasteiger partial charge on any atom is 0.363 e. The van der Waals surface area contributed by atoms with Gasteiger partial charge in [0.1, 0.15) is 0 Å². The van der Waals surface area contributed by atoms with Gasteiger partial charge in [-0.25, -0.2) is 9.10 Å². The third-order valence-corrected chi connectivity index (χ3v) is 4.67. The lowest BCUT2D eigenvalue weighted by atomic mass is 10.2. The van der Waals surface area contributed by atoms with Crippen molar-refractivity contribution in [3.05, 3.63) is 26.6 Å². The van der Waals surface area contributed by atoms with E-state index in [0.717, 1.165) is 21.6 Å². The molecule has 9 heteroatoms. The molecule has 0 aromatic heterocycles. The number of urea groups is 1. The normalized spacial score (nSPS) is 11.2. The molecule has 6 nitrogen and oxygen atoms in total. The molecule has 1 aromatic carbocycles. The summed E-state index contributed by atoms with van der Waals surface area (Å²) in [5, 5.41) is 2.34. The molecule has 2 amide bonds. The summed E-state index contributed by atoms with van der Waals surface area (Å²) >= 11 is 6.60. The Balaban J connectivity index is 2.96. The first kappa shape index (κ1) is 15.4. The Labute approximate surface area is 121 Å². The molecular weight excluding hydrogens is 392 g/mol. The fourth-order valence-electron chi connectivity index (χ4n) is 1.02. The van der Waals surface area contributed by atoms with Crippen LogP contribution < -0.4 is 5.32 Å². The Morgan fingerprint density at radius 3 is 2.17 bits per heavy atom. The molecule has 0 saturated heterocycles. The molecule has 1 rings (SSSR count). The minimum Gasteiger partial charge on any atom is -0.307 e. The third kappa shape index (κ3) is 3.67. The van der Waals surface area contributed by atoms with E-state index in [2.05, 4.69) is 37.2 Å². The van der Waals surface area contributed by atoms with Crippen molar-refractivity contribution in [3.63, 3.8) is 0 Å². The first-order valence-corrected chi connectivity index (χ1v) is 7.59. The van der Waals surface area contributed by atoms with E-state index in [4.69, 9.17) is 4.55 Å². The van der Waals surface area contributed by atoms with Crippen LogP contribution >= 0.6 is 31.9 Å². The van der Waals surface area contributed by atoms with E-state index in [9.17, 15) is 13.2 Å². The maximum atomic E-state index is 11.5. The average molecular weight is 402 g/mol. The highest BCUT2D eigenvalue weighted by molar-refractivity contribution is 9.11. The fourth-order valence-corrected chi connectivity index (χ4v) is 2.47. The summed E-state index contributed by atoms with van der Waals surface area (Å²) in [6.07, 6.45) is 0. The van der Waals surface area contributed by atoms with Crippen molar-refractivity contribution in [2.45, 2.75) is 6.92 Å². The second-order valence-electron chi connectivity index (χ2n) is 3.44. The van der Waals surface area contributed by atoms with Crippen LogP contribution in [0.5, 0.6) is 0 Å². The molecule has 0 aliphatic rings. The monoisotopic (exact) mass is 400 g/mol. The predicted molar refractivity (Wildman–Crippen MR) is 74.9 cm³/mol. The summed E-state index contributed by atoms with van der Waals surface area (Å²) in [6, 6.07) is 2.28. The lowest BCUT2D eigenvalue weighted by Gasteiger charge is -2.15. The topological polar surface area (TPSA) is 86.7 Å². The molecule has 18 heavy (non-hydrogen) atoms. The highest BCUT2D eigenvalue weighted by Gasteiger charge is 2.20. The van der Waals surface area contributed by atoms with E-state index < -0.39 is 16.3 Å². The second-order valence-corrected chi connectivity index (χ2v) is 6.59. The van der Waals surface area contributed by atoms with Crippen molar-refractivity contribution in [1.82, 2.24) is 4.31 Å². The van der Waals surface area contributed by atoms with Crippen LogP contribution in [-0.2, 0) is 10.3 Å². The number of benzene rings is 1. The van der Waals surface area contributed by atoms with Crippen LogP contribution in [0.3, 0.4) is 0 Å². The van der Waals surface area contributed by atoms with Crippen LogP contribution in [0, 0.1) is 6.92 Å². The van der Waals surface area contributed by atoms with Gasteiger partial charge >= 0.3 is 16.3 Å². The highest BCUT2D eigenvalue weighted by atomic mass is 79.9. The number of carbonyl (C=O) groups is 1. The Morgan fingerprint density at radius 2 is 1.78 bits per heavy atom. The average Bonchev–Trinajstić information content (AvgIpc) is 2.23. The van der Waals surface area contributed by atoms with Gasteiger partial charge in [0, 0.05) is 21.7 Å². The van der Waals surface area contributed by atoms with E-state index >= 15 is 0 Å². The Morgan fingerprint density at radius 1 is 1.33 bits per heavy atom. The SMILES string of the molecule is Cc1c(Br)cc(NC(=O)N(C)S(=O)(=O)O)cc1Br. The van der Waals surface area contributed by atoms with Gasteiger partial charge in [-0.1, -0.05) is 31.9 Å². The largest absolute Gasteiger partial charge is 0.363 e. The first-order chi connectivity index (χ1) is 8.12. The summed E-state index contributed by atoms with van der Waals surface area (Å²) < 4.78 is 31.9. The summed E-state index contributed by atoms with van der Waals surface area (Å²) in [5.74, 6) is 0. The number of halogens is 2. The van der Waals surface area contributed by atoms with Gasteiger partial charge < -0.3 is 5.32 Å². The van der Waals surface area contributed by atoms with Gasteiger partial charge in [-0.2, -0.15) is 8.42 Å². The van der Waals surface area contributed by atoms with Gasteiger partial charge in [-0.3, -0.25) is 4.55 Å². The molecule has 0 atom stereocenters. The minimum absolute atomic E-state index is 0.203. The van der Waals surface area contributed by atoms with Crippen LogP contribution in [0.25, 0.3) is 0 Å². The number of hydrogen-bond donors (Lipinski definition) is 2. The van der Waals surface area contributed by atoms with Gasteiger partial charge in [0.15, 0.2) is 0 Å². The van der Waals surface area contributed by atoms with E-state index in [-0.39, 0.29) is 4.31 Å². The van der Waals surface area contributed by atoms with Crippen LogP contribution in [-0.4, -0.2) is 30.4 Å². The molecule has 1 aromatic rings. The highest BCUT2D eigenvalue weighted by Crippen LogP contribution is 2.28. The number of carbonyl (C=O) groups excluding carboxylic acids is 1. The molecule has 0 spiro atoms. The zero-order chi connectivity index (χ0) is 14.1. The van der Waals surface area contributed by atoms with Gasteiger partial charge in [0.2, 0.25) is 0 Å². The maximum absolute atomic E-state index is 11.5. The number of nitrogens with one attached hydrogen (secondary N) is 1. The van der Waals surface area contributed by atoms with Crippen LogP contribution in [0.4, 0.5) is 10.5 Å². The van der Waals surface area contributed by atoms with Crippen LogP contribution in [0.15, 0.2) is 21.1 Å². The molecule has 0 radical (unpaired) electrons. The van der Waals surface area contributed by atoms with E-state index in [1.807, 2.05) is 6.92 Å². The van der Waals surface area contributed by atoms with E-state index in [0.29, 0.717) is 5.69 Å². The molecule has 2 N–H and O–H groups in total. The van der Waals surface area contributed by atoms with Crippen molar-refractivity contribution < 1.29 is 17.8 Å². The third-order valence-electron chi connectivity index (χ3n) is 2.16. The molecule has 0 fully saturated rings. The fraction of sp³-hybridized carbons (Fsp3) is 0.222. The van der Waals surface area contributed by atoms with Crippen molar-refractivity contribution >= 4 is 53.9 Å². The molecular formula is C9H10Br2N2O4S. The van der Waals surface area contributed by atoms with Crippen LogP contribution in [0.1, 0.15) is 5.56 Å². The lowest BCUT2D eigenvalue weighted by molar-refractivity contribution is 0.238. The van der Waals surface area contributed by atoms with Crippen molar-refractivity contribution in [3.8, 4) is 0 Å². The predicted octanol–water partition coefficient (Wildman–Crippen LogP) is 2.79. The van der Waals surface area contributed by atoms with Crippen molar-refractivity contribution in [1.29, 1.82) is 0 Å². The minimum atomic E-state index is -4.55. The number of rotatable bonds is 2. The molecule has 0 heterocycles. The van der Waals surface area contributed by atoms with Crippen LogP contribution in [0.2, 0.25) is 0 Å². The Bertz CT molecular complexity index is 565. The molecule has 0 saturated carbocycles. The molecule has 0 unspecified atom stereocenters. The molecule has 0 aliphatic carbocycles. The van der Waals surface area contributed by atoms with E-state index in [1.54, 1.807) is 12.1 Å². The standard InChI is InChI=1S/C9H10Br2N2O4S/c1-5-7(10)3-6(4-8(5)11)12-9(14)13(2)18(15,16)17/h3-4H,1-2H3,(H,12,14)(H,15,16,17). The van der Waals surface area contributed by atoms with Gasteiger partial charge in [-0.05, 0) is 24.6 Å². The summed E-state index contributed by atoms with van der Waals surface area (Å²) in [5.41, 5.74) is 1.33. The second kappa shape index (κ2) is 5.55. The molecule has 0 bridgehead atoms. The van der Waals surface area contributed by atoms with Gasteiger partial charge in [-0.15, -0.1) is 0 Å². The quantitative estimate of drug-likeness (QED) is 0.746. The zero-order valence-electron chi connectivity index (χ0n) is 9.44. The Hall–Kier alpha value is -0.640. The van der Waals surface area contributed by atoms with Crippen molar-refractivity contribution in [2.75, 3.05) is 12.4 Å². The molecule has 100 valence electrons. The molecule has 0 aliphatic heterocycles. The van der Waals surface area contributed by atoms with Gasteiger partial charge in [0.25, 0.3) is 0 Å². The number of amides is 2. The first-order valence-electron chi connectivity index (χ1n) is 4.61. The summed E-state index contributed by atoms with van der Waals surface area (Å²) in [7, 11) is -3.61. The Kier molecular flexibility index (Phi) is 4.76.